The van der Waals surface area contributed by atoms with Crippen molar-refractivity contribution in [2.24, 2.45) is 0 Å². The van der Waals surface area contributed by atoms with Crippen LogP contribution in [0.4, 0.5) is 0 Å². The lowest BCUT2D eigenvalue weighted by atomic mass is 9.95. The molecule has 34 nitrogen and oxygen atoms in total. The molecule has 21 heterocycles. The number of aliphatic hydroxyl groups excluding tert-OH is 20. The molecular formula is C42H68O34S. The molecule has 0 amide bonds. The van der Waals surface area contributed by atoms with E-state index in [-0.39, 0.29) is 0 Å². The van der Waals surface area contributed by atoms with Crippen molar-refractivity contribution in [3.05, 3.63) is 0 Å². The van der Waals surface area contributed by atoms with E-state index in [1.165, 1.54) is 0 Å². The third-order valence-electron chi connectivity index (χ3n) is 14.7. The minimum Gasteiger partial charge on any atom is -0.394 e. The van der Waals surface area contributed by atoms with Crippen LogP contribution in [-0.4, -0.2) is 362 Å². The molecule has 14 bridgehead atoms. The lowest BCUT2D eigenvalue weighted by molar-refractivity contribution is -0.396. The number of ether oxygens (including phenoxy) is 14. The van der Waals surface area contributed by atoms with Crippen LogP contribution in [0.1, 0.15) is 0 Å². The van der Waals surface area contributed by atoms with Crippen molar-refractivity contribution in [2.75, 3.05) is 39.6 Å². The van der Waals surface area contributed by atoms with Gasteiger partial charge in [-0.3, -0.25) is 0 Å². The normalized spacial score (nSPS) is 55.3. The van der Waals surface area contributed by atoms with E-state index in [0.29, 0.717) is 0 Å². The third-order valence-corrected chi connectivity index (χ3v) is 14.9. The zero-order valence-corrected chi connectivity index (χ0v) is 40.9. The molecule has 21 aliphatic rings. The van der Waals surface area contributed by atoms with E-state index in [4.69, 9.17) is 78.5 Å². The van der Waals surface area contributed by atoms with E-state index in [9.17, 15) is 102 Å². The zero-order chi connectivity index (χ0) is 56.1. The predicted octanol–water partition coefficient (Wildman–Crippen LogP) is -14.2. The maximum Gasteiger partial charge on any atom is 0.187 e. The molecule has 77 heavy (non-hydrogen) atoms. The summed E-state index contributed by atoms with van der Waals surface area (Å²) in [4.78, 5) is 0. The smallest absolute Gasteiger partial charge is 0.187 e. The Kier molecular flexibility index (Phi) is 21.0. The minimum absolute atomic E-state index is 0.873. The molecule has 0 aromatic heterocycles. The van der Waals surface area contributed by atoms with Crippen molar-refractivity contribution >= 4 is 17.6 Å². The van der Waals surface area contributed by atoms with Crippen LogP contribution >= 0.6 is 12.2 Å². The van der Waals surface area contributed by atoms with Gasteiger partial charge in [-0.2, -0.15) is 0 Å². The van der Waals surface area contributed by atoms with Gasteiger partial charge in [0, 0.05) is 5.37 Å². The van der Waals surface area contributed by atoms with Crippen LogP contribution in [0.15, 0.2) is 0 Å². The van der Waals surface area contributed by atoms with Crippen LogP contribution in [0.2, 0.25) is 0 Å². The van der Waals surface area contributed by atoms with E-state index in [1.54, 1.807) is 0 Å². The molecule has 0 aromatic rings. The largest absolute Gasteiger partial charge is 0.394 e. The third kappa shape index (κ3) is 12.1. The molecule has 35 atom stereocenters. The maximum absolute atomic E-state index is 11.4. The first-order valence-electron chi connectivity index (χ1n) is 24.5. The molecule has 0 radical (unpaired) electrons. The highest BCUT2D eigenvalue weighted by Crippen LogP contribution is 2.39. The first kappa shape index (κ1) is 61.8. The molecule has 21 saturated heterocycles. The Labute approximate surface area is 439 Å². The van der Waals surface area contributed by atoms with Gasteiger partial charge in [0.05, 0.1) is 39.6 Å². The van der Waals surface area contributed by atoms with Crippen LogP contribution in [0.25, 0.3) is 0 Å². The molecule has 0 aliphatic carbocycles. The lowest BCUT2D eigenvalue weighted by Crippen LogP contribution is -2.68. The average molecular weight is 1150 g/mol. The summed E-state index contributed by atoms with van der Waals surface area (Å²) in [5.41, 5.74) is 0. The number of hydrogen-bond acceptors (Lipinski definition) is 35. The van der Waals surface area contributed by atoms with E-state index in [0.717, 1.165) is 5.37 Å². The van der Waals surface area contributed by atoms with Crippen LogP contribution in [0.3, 0.4) is 0 Å². The second kappa shape index (κ2) is 26.1. The van der Waals surface area contributed by atoms with Crippen molar-refractivity contribution < 1.29 is 168 Å². The minimum atomic E-state index is -2.20. The summed E-state index contributed by atoms with van der Waals surface area (Å²) in [7, 11) is 0. The van der Waals surface area contributed by atoms with Gasteiger partial charge in [0.1, 0.15) is 171 Å². The monoisotopic (exact) mass is 1150 g/mol. The fourth-order valence-electron chi connectivity index (χ4n) is 10.3. The highest BCUT2D eigenvalue weighted by atomic mass is 32.1. The van der Waals surface area contributed by atoms with Crippen molar-refractivity contribution in [1.29, 1.82) is 0 Å². The number of rotatable bonds is 7. The Balaban J connectivity index is 1.08. The second-order valence-electron chi connectivity index (χ2n) is 19.5. The van der Waals surface area contributed by atoms with E-state index in [1.807, 2.05) is 0 Å². The molecule has 0 saturated carbocycles. The Morgan fingerprint density at radius 2 is 0.377 bits per heavy atom. The Morgan fingerprint density at radius 3 is 0.545 bits per heavy atom. The van der Waals surface area contributed by atoms with Crippen LogP contribution in [-0.2, 0) is 66.3 Å². The standard InChI is InChI=1S/C42H68O34S/c43-1-8-29-16(50)23(57)37(64-8)72-31-10(3-45)66-39(25(59)18(31)52)74-33-12(5-47)68-41(27(61)20(33)54)76-35-14(7-77)69-42(28(62)21(35)55)75-34-13(6-48)67-40(26(60)19(34)53)73-32-11(4-46)65-38(24(58)17(32)51)71-30-9(2-44)63-36(70-29)22(56)15(30)49/h7-62H,1-6H2/t8-,9-,10-,11-,12-,13-,14-,15-,16-,17-,18-,19-,20-,21-,22-,23-,24-,25-,26-,27-,28-,29-,30-,31-,32-,33-,34-,35-,36-,37-,38-,39-,40-,41-,42-/m1/s1. The van der Waals surface area contributed by atoms with Gasteiger partial charge in [-0.15, -0.1) is 0 Å². The van der Waals surface area contributed by atoms with Gasteiger partial charge in [0.15, 0.2) is 44.0 Å². The summed E-state index contributed by atoms with van der Waals surface area (Å²) in [5.74, 6) is 0. The van der Waals surface area contributed by atoms with E-state index in [2.05, 4.69) is 0 Å². The first-order valence-corrected chi connectivity index (χ1v) is 24.9. The zero-order valence-electron chi connectivity index (χ0n) is 40.1. The molecule has 35 heteroatoms. The number of hydrogen-bond donors (Lipinski definition) is 20. The highest BCUT2D eigenvalue weighted by molar-refractivity contribution is 7.79. The van der Waals surface area contributed by atoms with Crippen molar-refractivity contribution in [1.82, 2.24) is 0 Å². The highest BCUT2D eigenvalue weighted by Gasteiger charge is 2.59. The van der Waals surface area contributed by atoms with Gasteiger partial charge >= 0.3 is 0 Å². The summed E-state index contributed by atoms with van der Waals surface area (Å²) >= 11 is 5.08. The van der Waals surface area contributed by atoms with Gasteiger partial charge < -0.3 is 168 Å². The van der Waals surface area contributed by atoms with Crippen LogP contribution < -0.4 is 0 Å². The Bertz CT molecular complexity index is 1860. The molecular weight excluding hydrogens is 1080 g/mol. The molecule has 21 fully saturated rings. The molecule has 446 valence electrons. The fourth-order valence-corrected chi connectivity index (χ4v) is 10.5. The Morgan fingerprint density at radius 1 is 0.221 bits per heavy atom. The molecule has 21 aliphatic heterocycles. The molecule has 0 aromatic carbocycles. The molecule has 0 spiro atoms. The van der Waals surface area contributed by atoms with Crippen LogP contribution in [0, 0.1) is 0 Å². The van der Waals surface area contributed by atoms with Crippen LogP contribution in [0.5, 0.6) is 0 Å². The number of aliphatic hydroxyl groups is 20. The van der Waals surface area contributed by atoms with E-state index >= 15 is 0 Å². The number of thiocarbonyl (C=S) groups is 1. The summed E-state index contributed by atoms with van der Waals surface area (Å²) in [5, 5.41) is 221. The lowest BCUT2D eigenvalue weighted by Gasteiger charge is -2.50. The molecule has 0 unspecified atom stereocenters. The summed E-state index contributed by atoms with van der Waals surface area (Å²) < 4.78 is 79.8. The van der Waals surface area contributed by atoms with Gasteiger partial charge in [-0.05, 0) is 0 Å². The molecule has 21 rings (SSSR count). The summed E-state index contributed by atoms with van der Waals surface area (Å²) in [6, 6.07) is 0. The maximum atomic E-state index is 11.4. The summed E-state index contributed by atoms with van der Waals surface area (Å²) in [6.07, 6.45) is -69.4. The van der Waals surface area contributed by atoms with Gasteiger partial charge in [-0.1, -0.05) is 12.2 Å². The quantitative estimate of drug-likeness (QED) is 0.105. The second-order valence-corrected chi connectivity index (χ2v) is 19.8. The topological polar surface area (TPSA) is 534 Å². The predicted molar refractivity (Wildman–Crippen MR) is 235 cm³/mol. The van der Waals surface area contributed by atoms with Gasteiger partial charge in [0.25, 0.3) is 0 Å². The summed E-state index contributed by atoms with van der Waals surface area (Å²) in [6.45, 7) is -6.21. The SMILES string of the molecule is OC[C@H]1O[C@@H]2O[C@H]3[C@H](O)[C@@H](O)[C@@H](O[C@H]4[C@H](O)[C@@H](O)[C@@H](O[C@H]5[C@H](O)[C@@H](O)[C@@H](O[C@H]6[C@H](O)[C@@H](O)[C@@H](O[C@H]7[C@H](O)[C@@H](O)[C@@H](O[C@H]8[C@H](O)[C@@H](O)[C@@H](O[C@H]1[C@H](O)[C@H]2O)O[C@@H]8C=S)O[C@@H]7CO)O[C@@H]6CO)O[C@@H]5CO)O[C@@H]4CO)O[C@@H]3CO. The first-order chi connectivity index (χ1) is 36.7. The van der Waals surface area contributed by atoms with Gasteiger partial charge in [-0.25, -0.2) is 0 Å². The Hall–Kier alpha value is -1.27. The van der Waals surface area contributed by atoms with Gasteiger partial charge in [0.2, 0.25) is 0 Å². The molecule has 20 N–H and O–H groups in total. The van der Waals surface area contributed by atoms with Crippen molar-refractivity contribution in [2.45, 2.75) is 215 Å². The fraction of sp³-hybridized carbons (Fsp3) is 0.976. The van der Waals surface area contributed by atoms with Crippen molar-refractivity contribution in [3.63, 3.8) is 0 Å². The van der Waals surface area contributed by atoms with E-state index < -0.39 is 255 Å². The van der Waals surface area contributed by atoms with Crippen molar-refractivity contribution in [3.8, 4) is 0 Å². The average Bonchev–Trinajstić information content (AvgIpc) is 3.45.